The minimum atomic E-state index is -0.376. The molecule has 0 spiro atoms. The summed E-state index contributed by atoms with van der Waals surface area (Å²) in [6.07, 6.45) is 5.55. The van der Waals surface area contributed by atoms with E-state index in [-0.39, 0.29) is 10.1 Å². The summed E-state index contributed by atoms with van der Waals surface area (Å²) < 4.78 is 5.36. The molecule has 1 fully saturated rings. The Hall–Kier alpha value is -1.21. The normalized spacial score (nSPS) is 15.5. The first-order valence-electron chi connectivity index (χ1n) is 8.12. The zero-order chi connectivity index (χ0) is 15.9. The maximum atomic E-state index is 11.0. The monoisotopic (exact) mass is 327 g/mol. The lowest BCUT2D eigenvalue weighted by molar-refractivity contribution is -0.384. The molecule has 0 radical (unpaired) electrons. The molecular formula is C15H25N3O3S. The molecule has 1 aliphatic heterocycles. The summed E-state index contributed by atoms with van der Waals surface area (Å²) in [7, 11) is 0. The Morgan fingerprint density at radius 1 is 1.36 bits per heavy atom. The molecule has 124 valence electrons. The van der Waals surface area contributed by atoms with Crippen LogP contribution in [0.3, 0.4) is 0 Å². The van der Waals surface area contributed by atoms with Crippen LogP contribution < -0.4 is 4.90 Å². The maximum absolute atomic E-state index is 11.0. The van der Waals surface area contributed by atoms with Crippen molar-refractivity contribution in [3.8, 4) is 0 Å². The molecular weight excluding hydrogens is 302 g/mol. The average molecular weight is 327 g/mol. The van der Waals surface area contributed by atoms with E-state index >= 15 is 0 Å². The zero-order valence-electron chi connectivity index (χ0n) is 13.4. The Bertz CT molecular complexity index is 482. The van der Waals surface area contributed by atoms with Crippen LogP contribution in [0.15, 0.2) is 0 Å². The van der Waals surface area contributed by atoms with Crippen molar-refractivity contribution in [1.82, 2.24) is 4.98 Å². The smallest absolute Gasteiger partial charge is 0.378 e. The number of morpholine rings is 1. The Labute approximate surface area is 135 Å². The molecule has 0 atom stereocenters. The van der Waals surface area contributed by atoms with Gasteiger partial charge in [0.25, 0.3) is 5.82 Å². The molecule has 0 bridgehead atoms. The highest BCUT2D eigenvalue weighted by molar-refractivity contribution is 7.15. The molecule has 7 heteroatoms. The van der Waals surface area contributed by atoms with Crippen LogP contribution in [0, 0.1) is 16.0 Å². The van der Waals surface area contributed by atoms with Crippen molar-refractivity contribution in [3.05, 3.63) is 15.0 Å². The number of aryl methyl sites for hydroxylation is 1. The third-order valence-electron chi connectivity index (χ3n) is 4.30. The van der Waals surface area contributed by atoms with E-state index in [1.807, 2.05) is 0 Å². The van der Waals surface area contributed by atoms with Gasteiger partial charge in [0.05, 0.1) is 18.1 Å². The van der Waals surface area contributed by atoms with Gasteiger partial charge in [0, 0.05) is 13.1 Å². The van der Waals surface area contributed by atoms with Crippen LogP contribution in [0.25, 0.3) is 0 Å². The van der Waals surface area contributed by atoms with Gasteiger partial charge in [0.15, 0.2) is 0 Å². The van der Waals surface area contributed by atoms with Crippen molar-refractivity contribution in [2.24, 2.45) is 5.92 Å². The van der Waals surface area contributed by atoms with Gasteiger partial charge in [-0.25, -0.2) is 0 Å². The fourth-order valence-corrected chi connectivity index (χ4v) is 3.78. The second kappa shape index (κ2) is 8.43. The second-order valence-electron chi connectivity index (χ2n) is 5.67. The molecule has 1 aliphatic rings. The molecule has 0 amide bonds. The van der Waals surface area contributed by atoms with Gasteiger partial charge in [-0.05, 0) is 40.0 Å². The van der Waals surface area contributed by atoms with Crippen LogP contribution in [-0.4, -0.2) is 36.2 Å². The predicted molar refractivity (Wildman–Crippen MR) is 88.8 cm³/mol. The lowest BCUT2D eigenvalue weighted by Gasteiger charge is -2.25. The third-order valence-corrected chi connectivity index (χ3v) is 5.36. The van der Waals surface area contributed by atoms with Gasteiger partial charge in [-0.1, -0.05) is 33.1 Å². The molecule has 0 unspecified atom stereocenters. The largest absolute Gasteiger partial charge is 0.425 e. The van der Waals surface area contributed by atoms with E-state index in [4.69, 9.17) is 4.74 Å². The van der Waals surface area contributed by atoms with Gasteiger partial charge in [0.2, 0.25) is 0 Å². The topological polar surface area (TPSA) is 68.5 Å². The molecule has 1 saturated heterocycles. The van der Waals surface area contributed by atoms with Crippen LogP contribution in [0.4, 0.5) is 10.9 Å². The van der Waals surface area contributed by atoms with E-state index in [0.717, 1.165) is 42.5 Å². The third kappa shape index (κ3) is 4.39. The number of nitrogens with zero attached hydrogens (tertiary/aromatic N) is 3. The summed E-state index contributed by atoms with van der Waals surface area (Å²) in [5.41, 5.74) is 0. The number of aromatic nitrogens is 1. The van der Waals surface area contributed by atoms with Crippen molar-refractivity contribution < 1.29 is 9.66 Å². The predicted octanol–water partition coefficient (Wildman–Crippen LogP) is 3.65. The van der Waals surface area contributed by atoms with Gasteiger partial charge >= 0.3 is 5.13 Å². The molecule has 6 nitrogen and oxygen atoms in total. The quantitative estimate of drug-likeness (QED) is 0.538. The highest BCUT2D eigenvalue weighted by atomic mass is 32.1. The van der Waals surface area contributed by atoms with Gasteiger partial charge in [-0.2, -0.15) is 0 Å². The number of anilines is 1. The summed E-state index contributed by atoms with van der Waals surface area (Å²) in [4.78, 5) is 18.1. The molecule has 1 aromatic heterocycles. The fraction of sp³-hybridized carbons (Fsp3) is 0.800. The zero-order valence-corrected chi connectivity index (χ0v) is 14.2. The molecule has 0 aliphatic carbocycles. The Kier molecular flexibility index (Phi) is 6.57. The van der Waals surface area contributed by atoms with Crippen LogP contribution in [-0.2, 0) is 11.2 Å². The number of rotatable bonds is 8. The number of thiazole rings is 1. The Balaban J connectivity index is 2.05. The van der Waals surface area contributed by atoms with Crippen LogP contribution in [0.5, 0.6) is 0 Å². The van der Waals surface area contributed by atoms with Crippen molar-refractivity contribution in [2.75, 3.05) is 31.2 Å². The SMILES string of the molecule is CCC(CC)CCCc1sc([N+](=O)[O-])nc1N1CCOCC1. The fourth-order valence-electron chi connectivity index (χ4n) is 2.84. The molecule has 0 saturated carbocycles. The number of nitro groups is 1. The van der Waals surface area contributed by atoms with E-state index in [2.05, 4.69) is 23.7 Å². The minimum Gasteiger partial charge on any atom is -0.378 e. The summed E-state index contributed by atoms with van der Waals surface area (Å²) in [5, 5.41) is 11.0. The van der Waals surface area contributed by atoms with Crippen molar-refractivity contribution >= 4 is 22.3 Å². The lowest BCUT2D eigenvalue weighted by atomic mass is 9.96. The summed E-state index contributed by atoms with van der Waals surface area (Å²) >= 11 is 1.24. The Morgan fingerprint density at radius 2 is 2.05 bits per heavy atom. The van der Waals surface area contributed by atoms with Gasteiger partial charge in [-0.3, -0.25) is 0 Å². The first-order valence-corrected chi connectivity index (χ1v) is 8.94. The van der Waals surface area contributed by atoms with E-state index in [9.17, 15) is 10.1 Å². The average Bonchev–Trinajstić information content (AvgIpc) is 2.97. The van der Waals surface area contributed by atoms with E-state index in [1.54, 1.807) is 0 Å². The Morgan fingerprint density at radius 3 is 2.64 bits per heavy atom. The molecule has 2 rings (SSSR count). The van der Waals surface area contributed by atoms with Crippen molar-refractivity contribution in [3.63, 3.8) is 0 Å². The van der Waals surface area contributed by atoms with Crippen molar-refractivity contribution in [1.29, 1.82) is 0 Å². The molecule has 1 aromatic rings. The minimum absolute atomic E-state index is 0.0130. The summed E-state index contributed by atoms with van der Waals surface area (Å²) in [5.74, 6) is 1.57. The van der Waals surface area contributed by atoms with E-state index < -0.39 is 0 Å². The van der Waals surface area contributed by atoms with Gasteiger partial charge < -0.3 is 19.8 Å². The molecule has 2 heterocycles. The maximum Gasteiger partial charge on any atom is 0.425 e. The van der Waals surface area contributed by atoms with E-state index in [1.165, 1.54) is 30.6 Å². The number of hydrogen-bond acceptors (Lipinski definition) is 6. The summed E-state index contributed by atoms with van der Waals surface area (Å²) in [6, 6.07) is 0. The van der Waals surface area contributed by atoms with Gasteiger partial charge in [-0.15, -0.1) is 0 Å². The lowest BCUT2D eigenvalue weighted by Crippen LogP contribution is -2.36. The summed E-state index contributed by atoms with van der Waals surface area (Å²) in [6.45, 7) is 7.31. The molecule has 22 heavy (non-hydrogen) atoms. The van der Waals surface area contributed by atoms with Crippen LogP contribution in [0.1, 0.15) is 44.4 Å². The molecule has 0 aromatic carbocycles. The van der Waals surface area contributed by atoms with Crippen LogP contribution >= 0.6 is 11.3 Å². The highest BCUT2D eigenvalue weighted by Gasteiger charge is 2.27. The molecule has 0 N–H and O–H groups in total. The first-order chi connectivity index (χ1) is 10.7. The standard InChI is InChI=1S/C15H25N3O3S/c1-3-12(4-2)6-5-7-13-14(16-15(22-13)18(19)20)17-8-10-21-11-9-17/h12H,3-11H2,1-2H3. The van der Waals surface area contributed by atoms with Gasteiger partial charge in [0.1, 0.15) is 0 Å². The second-order valence-corrected chi connectivity index (χ2v) is 6.74. The first kappa shape index (κ1) is 17.1. The number of hydrogen-bond donors (Lipinski definition) is 0. The van der Waals surface area contributed by atoms with E-state index in [0.29, 0.717) is 13.2 Å². The van der Waals surface area contributed by atoms with Crippen molar-refractivity contribution in [2.45, 2.75) is 46.0 Å². The number of ether oxygens (including phenoxy) is 1. The highest BCUT2D eigenvalue weighted by Crippen LogP contribution is 2.33. The van der Waals surface area contributed by atoms with Crippen LogP contribution in [0.2, 0.25) is 0 Å².